The van der Waals surface area contributed by atoms with Crippen molar-refractivity contribution in [2.75, 3.05) is 7.11 Å². The van der Waals surface area contributed by atoms with Crippen molar-refractivity contribution in [1.82, 2.24) is 9.55 Å². The summed E-state index contributed by atoms with van der Waals surface area (Å²) >= 11 is 0. The first kappa shape index (κ1) is 15.4. The smallest absolute Gasteiger partial charge is 0.414 e. The van der Waals surface area contributed by atoms with Gasteiger partial charge in [-0.05, 0) is 22.6 Å². The zero-order valence-corrected chi connectivity index (χ0v) is 11.4. The molecule has 2 aromatic rings. The van der Waals surface area contributed by atoms with Crippen LogP contribution in [0.5, 0.6) is 6.01 Å². The number of benzene rings is 1. The summed E-state index contributed by atoms with van der Waals surface area (Å²) in [5, 5.41) is 31.4. The van der Waals surface area contributed by atoms with E-state index in [0.29, 0.717) is 5.56 Å². The normalized spacial score (nSPS) is 11.9. The summed E-state index contributed by atoms with van der Waals surface area (Å²) in [5.41, 5.74) is 0.343. The number of aromatic nitrogens is 2. The number of imidazole rings is 1. The lowest BCUT2D eigenvalue weighted by atomic mass is 10.1. The molecule has 0 aliphatic rings. The quantitative estimate of drug-likeness (QED) is 0.630. The van der Waals surface area contributed by atoms with Crippen molar-refractivity contribution in [3.05, 3.63) is 56.3 Å². The number of ether oxygens (including phenoxy) is 1. The Bertz CT molecular complexity index is 696. The zero-order valence-electron chi connectivity index (χ0n) is 11.4. The third kappa shape index (κ3) is 3.17. The van der Waals surface area contributed by atoms with Crippen LogP contribution in [0.3, 0.4) is 0 Å². The Balaban J connectivity index is 2.19. The van der Waals surface area contributed by atoms with Gasteiger partial charge in [0.2, 0.25) is 0 Å². The molecule has 0 aliphatic carbocycles. The van der Waals surface area contributed by atoms with Gasteiger partial charge in [0.05, 0.1) is 24.7 Å². The molecule has 0 spiro atoms. The van der Waals surface area contributed by atoms with Gasteiger partial charge in [0, 0.05) is 17.1 Å². The molecule has 10 heteroatoms. The molecule has 22 heavy (non-hydrogen) atoms. The van der Waals surface area contributed by atoms with Crippen molar-refractivity contribution < 1.29 is 19.7 Å². The van der Waals surface area contributed by atoms with Crippen LogP contribution in [0.4, 0.5) is 11.5 Å². The highest BCUT2D eigenvalue weighted by Gasteiger charge is 2.21. The van der Waals surface area contributed by atoms with E-state index < -0.39 is 21.8 Å². The van der Waals surface area contributed by atoms with E-state index in [1.807, 2.05) is 0 Å². The molecule has 0 saturated carbocycles. The molecule has 0 aliphatic heterocycles. The highest BCUT2D eigenvalue weighted by Crippen LogP contribution is 2.23. The minimum absolute atomic E-state index is 0.00679. The van der Waals surface area contributed by atoms with Crippen molar-refractivity contribution in [2.45, 2.75) is 12.6 Å². The summed E-state index contributed by atoms with van der Waals surface area (Å²) in [5.74, 6) is -0.396. The predicted molar refractivity (Wildman–Crippen MR) is 73.5 cm³/mol. The number of hydrogen-bond donors (Lipinski definition) is 1. The van der Waals surface area contributed by atoms with E-state index in [1.165, 1.54) is 35.9 Å². The second-order valence-electron chi connectivity index (χ2n) is 4.36. The summed E-state index contributed by atoms with van der Waals surface area (Å²) in [6.45, 7) is -0.0399. The first-order chi connectivity index (χ1) is 10.4. The monoisotopic (exact) mass is 308 g/mol. The van der Waals surface area contributed by atoms with Crippen LogP contribution in [-0.4, -0.2) is 31.6 Å². The van der Waals surface area contributed by atoms with E-state index in [4.69, 9.17) is 4.74 Å². The molecule has 1 atom stereocenters. The molecule has 1 heterocycles. The topological polar surface area (TPSA) is 134 Å². The number of nitro groups is 2. The molecule has 10 nitrogen and oxygen atoms in total. The largest absolute Gasteiger partial charge is 0.449 e. The van der Waals surface area contributed by atoms with Crippen LogP contribution in [0.2, 0.25) is 0 Å². The van der Waals surface area contributed by atoms with Gasteiger partial charge in [-0.25, -0.2) is 0 Å². The van der Waals surface area contributed by atoms with Gasteiger partial charge in [0.1, 0.15) is 6.20 Å². The highest BCUT2D eigenvalue weighted by atomic mass is 16.6. The summed E-state index contributed by atoms with van der Waals surface area (Å²) in [6.07, 6.45) is 0.122. The van der Waals surface area contributed by atoms with Crippen LogP contribution in [0.15, 0.2) is 30.5 Å². The Hall–Kier alpha value is -3.01. The van der Waals surface area contributed by atoms with Crippen molar-refractivity contribution in [1.29, 1.82) is 0 Å². The maximum absolute atomic E-state index is 10.7. The lowest BCUT2D eigenvalue weighted by molar-refractivity contribution is -0.389. The van der Waals surface area contributed by atoms with E-state index in [9.17, 15) is 25.3 Å². The number of non-ortho nitro benzene ring substituents is 1. The van der Waals surface area contributed by atoms with Gasteiger partial charge in [-0.2, -0.15) is 0 Å². The van der Waals surface area contributed by atoms with E-state index in [0.717, 1.165) is 6.20 Å². The molecule has 1 N–H and O–H groups in total. The number of rotatable bonds is 6. The Kier molecular flexibility index (Phi) is 4.32. The fraction of sp³-hybridized carbons (Fsp3) is 0.250. The third-order valence-electron chi connectivity index (χ3n) is 2.96. The SMILES string of the molecule is COc1nc([N+](=O)[O-])cn1CC(O)c1ccc([N+](=O)[O-])cc1. The standard InChI is InChI=1S/C12H12N4O6/c1-22-12-13-11(16(20)21)7-14(12)6-10(17)8-2-4-9(5-3-8)15(18)19/h2-5,7,10,17H,6H2,1H3. The molecule has 0 amide bonds. The second kappa shape index (κ2) is 6.18. The molecule has 2 rings (SSSR count). The first-order valence-electron chi connectivity index (χ1n) is 6.10. The second-order valence-corrected chi connectivity index (χ2v) is 4.36. The van der Waals surface area contributed by atoms with Crippen LogP contribution in [0, 0.1) is 20.2 Å². The average molecular weight is 308 g/mol. The predicted octanol–water partition coefficient (Wildman–Crippen LogP) is 1.44. The van der Waals surface area contributed by atoms with Gasteiger partial charge < -0.3 is 20.0 Å². The fourth-order valence-corrected chi connectivity index (χ4v) is 1.88. The Morgan fingerprint density at radius 1 is 1.27 bits per heavy atom. The molecule has 116 valence electrons. The van der Waals surface area contributed by atoms with Crippen LogP contribution in [0.1, 0.15) is 11.7 Å². The van der Waals surface area contributed by atoms with Crippen molar-refractivity contribution in [3.8, 4) is 6.01 Å². The molecule has 1 unspecified atom stereocenters. The molecule has 1 aromatic carbocycles. The number of methoxy groups -OCH3 is 1. The zero-order chi connectivity index (χ0) is 16.3. The van der Waals surface area contributed by atoms with Crippen molar-refractivity contribution in [3.63, 3.8) is 0 Å². The Labute approximate surface area is 123 Å². The minimum Gasteiger partial charge on any atom is -0.449 e. The highest BCUT2D eigenvalue weighted by molar-refractivity contribution is 5.33. The third-order valence-corrected chi connectivity index (χ3v) is 2.96. The van der Waals surface area contributed by atoms with Gasteiger partial charge in [0.15, 0.2) is 0 Å². The number of nitro benzene ring substituents is 1. The lowest BCUT2D eigenvalue weighted by Crippen LogP contribution is -2.09. The Morgan fingerprint density at radius 3 is 2.41 bits per heavy atom. The van der Waals surface area contributed by atoms with E-state index >= 15 is 0 Å². The van der Waals surface area contributed by atoms with Gasteiger partial charge in [0.25, 0.3) is 5.69 Å². The minimum atomic E-state index is -1.02. The molecular weight excluding hydrogens is 296 g/mol. The number of hydrogen-bond acceptors (Lipinski definition) is 7. The van der Waals surface area contributed by atoms with E-state index in [-0.39, 0.29) is 18.2 Å². The van der Waals surface area contributed by atoms with Gasteiger partial charge >= 0.3 is 11.8 Å². The van der Waals surface area contributed by atoms with Crippen LogP contribution < -0.4 is 4.74 Å². The maximum Gasteiger partial charge on any atom is 0.414 e. The fourth-order valence-electron chi connectivity index (χ4n) is 1.88. The summed E-state index contributed by atoms with van der Waals surface area (Å²) in [6, 6.07) is 5.37. The maximum atomic E-state index is 10.7. The van der Waals surface area contributed by atoms with Crippen LogP contribution >= 0.6 is 0 Å². The van der Waals surface area contributed by atoms with Crippen LogP contribution in [-0.2, 0) is 6.54 Å². The molecule has 0 radical (unpaired) electrons. The molecule has 0 saturated heterocycles. The van der Waals surface area contributed by atoms with E-state index in [2.05, 4.69) is 4.98 Å². The van der Waals surface area contributed by atoms with Gasteiger partial charge in [-0.3, -0.25) is 14.7 Å². The average Bonchev–Trinajstić information content (AvgIpc) is 2.90. The molecule has 1 aromatic heterocycles. The first-order valence-corrected chi connectivity index (χ1v) is 6.10. The molecular formula is C12H12N4O6. The van der Waals surface area contributed by atoms with Gasteiger partial charge in [-0.1, -0.05) is 0 Å². The number of aliphatic hydroxyl groups excluding tert-OH is 1. The summed E-state index contributed by atoms with van der Waals surface area (Å²) in [4.78, 5) is 23.7. The van der Waals surface area contributed by atoms with Crippen LogP contribution in [0.25, 0.3) is 0 Å². The number of nitrogens with zero attached hydrogens (tertiary/aromatic N) is 4. The van der Waals surface area contributed by atoms with E-state index in [1.54, 1.807) is 0 Å². The van der Waals surface area contributed by atoms with Crippen molar-refractivity contribution in [2.24, 2.45) is 0 Å². The molecule has 0 bridgehead atoms. The summed E-state index contributed by atoms with van der Waals surface area (Å²) in [7, 11) is 1.31. The van der Waals surface area contributed by atoms with Gasteiger partial charge in [-0.15, -0.1) is 0 Å². The lowest BCUT2D eigenvalue weighted by Gasteiger charge is -2.11. The molecule has 0 fully saturated rings. The Morgan fingerprint density at radius 2 is 1.91 bits per heavy atom. The number of aliphatic hydroxyl groups is 1. The van der Waals surface area contributed by atoms with Crippen molar-refractivity contribution >= 4 is 11.5 Å². The summed E-state index contributed by atoms with van der Waals surface area (Å²) < 4.78 is 6.21.